The van der Waals surface area contributed by atoms with Crippen molar-refractivity contribution in [3.63, 3.8) is 0 Å². The summed E-state index contributed by atoms with van der Waals surface area (Å²) in [5.74, 6) is -10.9. The van der Waals surface area contributed by atoms with Crippen molar-refractivity contribution in [1.29, 1.82) is 0 Å². The quantitative estimate of drug-likeness (QED) is 0.466. The number of aromatic nitrogens is 1. The molecule has 1 heterocycles. The Kier molecular flexibility index (Phi) is 4.48. The van der Waals surface area contributed by atoms with Gasteiger partial charge in [-0.05, 0) is 29.2 Å². The largest absolute Gasteiger partial charge is 0.497 e. The number of aromatic carboxylic acids is 1. The lowest BCUT2D eigenvalue weighted by molar-refractivity contribution is 0.0693. The number of rotatable bonds is 5. The molecule has 0 aliphatic rings. The van der Waals surface area contributed by atoms with Gasteiger partial charge in [0, 0.05) is 0 Å². The molecular formula is C18H10F4N2O4S. The molecule has 0 fully saturated rings. The van der Waals surface area contributed by atoms with Gasteiger partial charge in [0.05, 0.1) is 22.9 Å². The van der Waals surface area contributed by atoms with Crippen molar-refractivity contribution >= 4 is 29.1 Å². The zero-order valence-electron chi connectivity index (χ0n) is 16.9. The Morgan fingerprint density at radius 1 is 1.17 bits per heavy atom. The van der Waals surface area contributed by atoms with Crippen LogP contribution in [0.25, 0.3) is 11.1 Å². The molecule has 2 aromatic carbocycles. The number of ether oxygens (including phenoxy) is 1. The van der Waals surface area contributed by atoms with Crippen molar-refractivity contribution in [2.75, 3.05) is 12.4 Å². The molecule has 0 radical (unpaired) electrons. The summed E-state index contributed by atoms with van der Waals surface area (Å²) in [5, 5.41) is 10.6. The number of hydrogen-bond donors (Lipinski definition) is 2. The highest BCUT2D eigenvalue weighted by molar-refractivity contribution is 7.08. The average molecular weight is 429 g/mol. The number of methoxy groups -OCH3 is 1. The summed E-state index contributed by atoms with van der Waals surface area (Å²) in [6.07, 6.45) is 0.827. The number of benzene rings is 2. The number of amides is 1. The van der Waals surface area contributed by atoms with Crippen molar-refractivity contribution in [2.24, 2.45) is 0 Å². The highest BCUT2D eigenvalue weighted by atomic mass is 32.1. The van der Waals surface area contributed by atoms with Crippen LogP contribution in [-0.2, 0) is 0 Å². The third-order valence-corrected chi connectivity index (χ3v) is 4.55. The number of hydrogen-bond acceptors (Lipinski definition) is 5. The fourth-order valence-electron chi connectivity index (χ4n) is 2.44. The molecular weight excluding hydrogens is 416 g/mol. The van der Waals surface area contributed by atoms with E-state index in [1.54, 1.807) is 5.32 Å². The summed E-state index contributed by atoms with van der Waals surface area (Å²) in [4.78, 5) is 22.7. The molecule has 0 atom stereocenters. The zero-order chi connectivity index (χ0) is 23.8. The van der Waals surface area contributed by atoms with Gasteiger partial charge in [-0.1, -0.05) is 12.1 Å². The summed E-state index contributed by atoms with van der Waals surface area (Å²) in [6.45, 7) is 0. The second kappa shape index (κ2) is 7.87. The van der Waals surface area contributed by atoms with Crippen molar-refractivity contribution in [1.82, 2.24) is 4.37 Å². The molecule has 1 aromatic heterocycles. The Morgan fingerprint density at radius 2 is 1.86 bits per heavy atom. The molecule has 29 heavy (non-hydrogen) atoms. The SMILES string of the molecule is [2H]C([2H])([2H])Oc1cccc(-c2c(F)c(F)c(NC(=O)c3sncc3C(=O)O)c(F)c2F)c1. The Hall–Kier alpha value is -3.47. The van der Waals surface area contributed by atoms with Crippen LogP contribution in [0.4, 0.5) is 23.2 Å². The molecule has 0 spiro atoms. The van der Waals surface area contributed by atoms with Crippen LogP contribution >= 0.6 is 11.5 Å². The molecule has 1 amide bonds. The van der Waals surface area contributed by atoms with Gasteiger partial charge in [0.1, 0.15) is 21.9 Å². The van der Waals surface area contributed by atoms with Crippen LogP contribution in [-0.4, -0.2) is 28.4 Å². The monoisotopic (exact) mass is 429 g/mol. The molecule has 150 valence electrons. The van der Waals surface area contributed by atoms with E-state index in [1.165, 1.54) is 0 Å². The van der Waals surface area contributed by atoms with E-state index < -0.39 is 69.4 Å². The minimum Gasteiger partial charge on any atom is -0.497 e. The van der Waals surface area contributed by atoms with Crippen molar-refractivity contribution in [3.05, 3.63) is 64.2 Å². The van der Waals surface area contributed by atoms with E-state index in [9.17, 15) is 27.2 Å². The van der Waals surface area contributed by atoms with Crippen LogP contribution in [0.15, 0.2) is 30.5 Å². The maximum Gasteiger partial charge on any atom is 0.339 e. The van der Waals surface area contributed by atoms with E-state index in [0.29, 0.717) is 11.5 Å². The Labute approximate surface area is 168 Å². The molecule has 3 rings (SSSR count). The van der Waals surface area contributed by atoms with Gasteiger partial charge in [-0.2, -0.15) is 4.37 Å². The highest BCUT2D eigenvalue weighted by Gasteiger charge is 2.29. The standard InChI is InChI=1S/C18H10F4N2O4S/c1-28-8-4-2-3-7(5-8)10-11(19)13(21)15(14(22)12(10)20)24-17(25)16-9(18(26)27)6-23-29-16/h2-6H,1H3,(H,24,25)(H,26,27)/i1D3. The van der Waals surface area contributed by atoms with Gasteiger partial charge in [-0.3, -0.25) is 4.79 Å². The molecule has 6 nitrogen and oxygen atoms in total. The Morgan fingerprint density at radius 3 is 2.48 bits per heavy atom. The number of carboxylic acid groups (broad SMARTS) is 1. The molecule has 0 bridgehead atoms. The highest BCUT2D eigenvalue weighted by Crippen LogP contribution is 2.36. The molecule has 0 saturated heterocycles. The molecule has 0 aliphatic heterocycles. The van der Waals surface area contributed by atoms with Crippen LogP contribution in [0.5, 0.6) is 5.75 Å². The van der Waals surface area contributed by atoms with Crippen LogP contribution < -0.4 is 10.1 Å². The second-order valence-corrected chi connectivity index (χ2v) is 6.27. The minimum absolute atomic E-state index is 0.342. The van der Waals surface area contributed by atoms with Gasteiger partial charge in [-0.15, -0.1) is 0 Å². The van der Waals surface area contributed by atoms with Gasteiger partial charge in [0.2, 0.25) is 0 Å². The molecule has 2 N–H and O–H groups in total. The van der Waals surface area contributed by atoms with Crippen molar-refractivity contribution in [2.45, 2.75) is 0 Å². The summed E-state index contributed by atoms with van der Waals surface area (Å²) in [5.41, 5.74) is -3.66. The number of anilines is 1. The normalized spacial score (nSPS) is 12.6. The van der Waals surface area contributed by atoms with E-state index >= 15 is 0 Å². The van der Waals surface area contributed by atoms with E-state index in [4.69, 9.17) is 9.22 Å². The first kappa shape index (κ1) is 16.5. The van der Waals surface area contributed by atoms with E-state index in [1.807, 2.05) is 0 Å². The van der Waals surface area contributed by atoms with Crippen LogP contribution in [0, 0.1) is 23.3 Å². The number of carboxylic acids is 1. The Balaban J connectivity index is 2.04. The summed E-state index contributed by atoms with van der Waals surface area (Å²) >= 11 is 0.396. The first-order valence-corrected chi connectivity index (χ1v) is 8.32. The minimum atomic E-state index is -2.88. The van der Waals surface area contributed by atoms with Gasteiger partial charge < -0.3 is 15.2 Å². The number of nitrogens with zero attached hydrogens (tertiary/aromatic N) is 1. The number of carbonyl (C=O) groups excluding carboxylic acids is 1. The van der Waals surface area contributed by atoms with Gasteiger partial charge >= 0.3 is 5.97 Å². The maximum absolute atomic E-state index is 14.7. The lowest BCUT2D eigenvalue weighted by atomic mass is 10.0. The molecule has 0 saturated carbocycles. The van der Waals surface area contributed by atoms with E-state index in [-0.39, 0.29) is 5.75 Å². The second-order valence-electron chi connectivity index (χ2n) is 5.46. The molecule has 11 heteroatoms. The predicted octanol–water partition coefficient (Wildman–Crippen LogP) is 4.33. The molecule has 0 unspecified atom stereocenters. The third kappa shape index (κ3) is 3.63. The fraction of sp³-hybridized carbons (Fsp3) is 0.0556. The first-order chi connectivity index (χ1) is 14.9. The maximum atomic E-state index is 14.7. The van der Waals surface area contributed by atoms with E-state index in [0.717, 1.165) is 30.5 Å². The van der Waals surface area contributed by atoms with Crippen LogP contribution in [0.1, 0.15) is 24.1 Å². The number of halogens is 4. The van der Waals surface area contributed by atoms with Crippen LogP contribution in [0.3, 0.4) is 0 Å². The molecule has 3 aromatic rings. The topological polar surface area (TPSA) is 88.5 Å². The van der Waals surface area contributed by atoms with E-state index in [2.05, 4.69) is 9.11 Å². The fourth-order valence-corrected chi connectivity index (χ4v) is 3.07. The predicted molar refractivity (Wildman–Crippen MR) is 95.3 cm³/mol. The first-order valence-electron chi connectivity index (χ1n) is 9.05. The van der Waals surface area contributed by atoms with Gasteiger partial charge in [-0.25, -0.2) is 22.4 Å². The zero-order valence-corrected chi connectivity index (χ0v) is 14.7. The van der Waals surface area contributed by atoms with Crippen molar-refractivity contribution < 1.29 is 41.1 Å². The molecule has 0 aliphatic carbocycles. The smallest absolute Gasteiger partial charge is 0.339 e. The third-order valence-electron chi connectivity index (χ3n) is 3.75. The average Bonchev–Trinajstić information content (AvgIpc) is 3.19. The lowest BCUT2D eigenvalue weighted by Crippen LogP contribution is -2.17. The number of carbonyl (C=O) groups is 2. The van der Waals surface area contributed by atoms with Gasteiger partial charge in [0.15, 0.2) is 23.3 Å². The van der Waals surface area contributed by atoms with Crippen LogP contribution in [0.2, 0.25) is 0 Å². The van der Waals surface area contributed by atoms with Gasteiger partial charge in [0.25, 0.3) is 5.91 Å². The summed E-state index contributed by atoms with van der Waals surface area (Å²) in [6, 6.07) is 4.23. The number of nitrogens with one attached hydrogen (secondary N) is 1. The summed E-state index contributed by atoms with van der Waals surface area (Å²) in [7, 11) is -2.88. The lowest BCUT2D eigenvalue weighted by Gasteiger charge is -2.13. The Bertz CT molecular complexity index is 1200. The summed E-state index contributed by atoms with van der Waals surface area (Å²) < 4.78 is 87.7. The van der Waals surface area contributed by atoms with Crippen molar-refractivity contribution in [3.8, 4) is 16.9 Å².